The van der Waals surface area contributed by atoms with Crippen molar-refractivity contribution in [2.45, 2.75) is 25.8 Å². The van der Waals surface area contributed by atoms with Gasteiger partial charge >= 0.3 is 0 Å². The van der Waals surface area contributed by atoms with E-state index in [4.69, 9.17) is 38.3 Å². The molecule has 0 radical (unpaired) electrons. The molecule has 226 valence electrons. The Labute approximate surface area is 257 Å². The molecular formula is C28H36Cl2N8O3S. The summed E-state index contributed by atoms with van der Waals surface area (Å²) in [5.74, 6) is 2.15. The van der Waals surface area contributed by atoms with Crippen LogP contribution in [0.4, 0.5) is 11.6 Å². The number of nitrogens with zero attached hydrogens (tertiary/aromatic N) is 6. The summed E-state index contributed by atoms with van der Waals surface area (Å²) >= 11 is 12.5. The van der Waals surface area contributed by atoms with E-state index < -0.39 is 10.0 Å². The molecule has 2 unspecified atom stereocenters. The highest BCUT2D eigenvalue weighted by atomic mass is 35.5. The van der Waals surface area contributed by atoms with E-state index in [0.29, 0.717) is 66.4 Å². The fraction of sp³-hybridized carbons (Fsp3) is 0.571. The lowest BCUT2D eigenvalue weighted by Gasteiger charge is -2.47. The molecular weight excluding hydrogens is 599 g/mol. The van der Waals surface area contributed by atoms with Crippen molar-refractivity contribution in [3.63, 3.8) is 0 Å². The van der Waals surface area contributed by atoms with Crippen LogP contribution in [0.15, 0.2) is 24.4 Å². The first-order valence-corrected chi connectivity index (χ1v) is 16.6. The van der Waals surface area contributed by atoms with Crippen molar-refractivity contribution >= 4 is 50.6 Å². The highest BCUT2D eigenvalue weighted by molar-refractivity contribution is 7.89. The number of aromatic nitrogens is 2. The molecule has 42 heavy (non-hydrogen) atoms. The molecule has 0 saturated carbocycles. The molecule has 0 bridgehead atoms. The lowest BCUT2D eigenvalue weighted by Crippen LogP contribution is -2.54. The summed E-state index contributed by atoms with van der Waals surface area (Å²) in [4.78, 5) is 13.6. The smallest absolute Gasteiger partial charge is 0.215 e. The van der Waals surface area contributed by atoms with Gasteiger partial charge in [0.2, 0.25) is 10.0 Å². The fourth-order valence-corrected chi connectivity index (χ4v) is 7.90. The molecule has 2 atom stereocenters. The molecule has 0 spiro atoms. The van der Waals surface area contributed by atoms with E-state index in [0.717, 1.165) is 44.6 Å². The number of sulfonamides is 1. The maximum absolute atomic E-state index is 12.8. The zero-order valence-corrected chi connectivity index (χ0v) is 25.9. The van der Waals surface area contributed by atoms with Crippen LogP contribution in [0, 0.1) is 28.6 Å². The van der Waals surface area contributed by atoms with Crippen molar-refractivity contribution in [2.75, 3.05) is 75.0 Å². The molecule has 3 aliphatic heterocycles. The monoisotopic (exact) mass is 634 g/mol. The summed E-state index contributed by atoms with van der Waals surface area (Å²) in [6.07, 6.45) is 3.80. The first-order valence-electron chi connectivity index (χ1n) is 14.2. The van der Waals surface area contributed by atoms with Gasteiger partial charge in [-0.2, -0.15) is 9.57 Å². The second-order valence-electron chi connectivity index (χ2n) is 11.1. The number of nitriles is 1. The molecule has 11 nitrogen and oxygen atoms in total. The Morgan fingerprint density at radius 3 is 2.69 bits per heavy atom. The molecule has 3 fully saturated rings. The van der Waals surface area contributed by atoms with Crippen LogP contribution < -0.4 is 10.2 Å². The van der Waals surface area contributed by atoms with Gasteiger partial charge in [0.1, 0.15) is 17.6 Å². The SMILES string of the molecule is CC(Nc1nc(N2CC(C3CCCN(CCS(=O)(=O)N4CCOCC4)C3)C2)cnc1C(=N)C#N)c1ccc(Cl)cc1Cl. The van der Waals surface area contributed by atoms with Crippen molar-refractivity contribution < 1.29 is 13.2 Å². The van der Waals surface area contributed by atoms with Gasteiger partial charge in [-0.25, -0.2) is 18.4 Å². The van der Waals surface area contributed by atoms with Crippen LogP contribution in [-0.2, 0) is 14.8 Å². The van der Waals surface area contributed by atoms with E-state index in [1.807, 2.05) is 19.1 Å². The first kappa shape index (κ1) is 30.9. The molecule has 2 N–H and O–H groups in total. The third kappa shape index (κ3) is 7.15. The normalized spacial score (nSPS) is 21.4. The Morgan fingerprint density at radius 1 is 1.21 bits per heavy atom. The van der Waals surface area contributed by atoms with Gasteiger partial charge in [0.05, 0.1) is 31.2 Å². The van der Waals surface area contributed by atoms with Gasteiger partial charge < -0.3 is 19.9 Å². The van der Waals surface area contributed by atoms with Crippen LogP contribution in [0.3, 0.4) is 0 Å². The second-order valence-corrected chi connectivity index (χ2v) is 14.1. The minimum atomic E-state index is -3.27. The molecule has 1 aromatic carbocycles. The van der Waals surface area contributed by atoms with E-state index in [1.54, 1.807) is 22.6 Å². The van der Waals surface area contributed by atoms with Gasteiger partial charge in [-0.05, 0) is 55.8 Å². The number of anilines is 2. The predicted octanol–water partition coefficient (Wildman–Crippen LogP) is 3.66. The zero-order valence-electron chi connectivity index (χ0n) is 23.6. The summed E-state index contributed by atoms with van der Waals surface area (Å²) in [7, 11) is -3.27. The molecule has 5 rings (SSSR count). The Hall–Kier alpha value is -2.53. The molecule has 3 saturated heterocycles. The number of benzene rings is 1. The zero-order chi connectivity index (χ0) is 29.9. The minimum Gasteiger partial charge on any atom is -0.379 e. The summed E-state index contributed by atoms with van der Waals surface area (Å²) in [6, 6.07) is 6.85. The van der Waals surface area contributed by atoms with Crippen molar-refractivity contribution in [3.8, 4) is 6.07 Å². The number of likely N-dealkylation sites (tertiary alicyclic amines) is 1. The number of rotatable bonds is 10. The molecule has 1 aromatic heterocycles. The molecule has 3 aliphatic rings. The van der Waals surface area contributed by atoms with Crippen LogP contribution in [0.25, 0.3) is 0 Å². The topological polar surface area (TPSA) is 139 Å². The highest BCUT2D eigenvalue weighted by Gasteiger charge is 2.37. The van der Waals surface area contributed by atoms with Crippen LogP contribution in [0.2, 0.25) is 10.0 Å². The van der Waals surface area contributed by atoms with Gasteiger partial charge in [0.15, 0.2) is 11.5 Å². The van der Waals surface area contributed by atoms with Gasteiger partial charge in [0.25, 0.3) is 0 Å². The number of morpholine rings is 1. The maximum atomic E-state index is 12.8. The summed E-state index contributed by atoms with van der Waals surface area (Å²) in [5.41, 5.74) is 0.724. The lowest BCUT2D eigenvalue weighted by molar-refractivity contribution is 0.0726. The van der Waals surface area contributed by atoms with Crippen LogP contribution in [-0.4, -0.2) is 98.1 Å². The first-order chi connectivity index (χ1) is 20.1. The van der Waals surface area contributed by atoms with E-state index >= 15 is 0 Å². The standard InChI is InChI=1S/C28H36Cl2N8O3S/c1-19(23-5-4-22(29)13-24(23)30)34-28-27(25(32)14-31)33-15-26(35-28)37-17-21(18-37)20-3-2-6-36(16-20)9-12-42(39,40)38-7-10-41-11-8-38/h4-5,13,15,19-21,32H,2-3,6-12,16-18H2,1H3,(H,34,35). The van der Waals surface area contributed by atoms with E-state index in [-0.39, 0.29) is 23.2 Å². The summed E-state index contributed by atoms with van der Waals surface area (Å²) in [6.45, 7) is 7.75. The summed E-state index contributed by atoms with van der Waals surface area (Å²) < 4.78 is 32.4. The molecule has 2 aromatic rings. The lowest BCUT2D eigenvalue weighted by atomic mass is 9.80. The number of halogens is 2. The van der Waals surface area contributed by atoms with Crippen LogP contribution >= 0.6 is 23.2 Å². The number of nitrogens with one attached hydrogen (secondary N) is 2. The quantitative estimate of drug-likeness (QED) is 0.375. The van der Waals surface area contributed by atoms with E-state index in [9.17, 15) is 13.7 Å². The molecule has 14 heteroatoms. The van der Waals surface area contributed by atoms with E-state index in [1.165, 1.54) is 0 Å². The number of piperidine rings is 1. The number of hydrogen-bond donors (Lipinski definition) is 2. The highest BCUT2D eigenvalue weighted by Crippen LogP contribution is 2.35. The minimum absolute atomic E-state index is 0.144. The largest absolute Gasteiger partial charge is 0.379 e. The Bertz CT molecular complexity index is 1440. The Kier molecular flexibility index (Phi) is 9.87. The maximum Gasteiger partial charge on any atom is 0.215 e. The van der Waals surface area contributed by atoms with Crippen molar-refractivity contribution in [1.82, 2.24) is 19.2 Å². The summed E-state index contributed by atoms with van der Waals surface area (Å²) in [5, 5.41) is 21.8. The van der Waals surface area contributed by atoms with Gasteiger partial charge in [-0.1, -0.05) is 29.3 Å². The number of hydrogen-bond acceptors (Lipinski definition) is 10. The van der Waals surface area contributed by atoms with Crippen LogP contribution in [0.1, 0.15) is 37.1 Å². The van der Waals surface area contributed by atoms with Crippen molar-refractivity contribution in [3.05, 3.63) is 45.7 Å². The third-order valence-corrected chi connectivity index (χ3v) is 10.8. The second kappa shape index (κ2) is 13.4. The van der Waals surface area contributed by atoms with Crippen molar-refractivity contribution in [2.24, 2.45) is 11.8 Å². The predicted molar refractivity (Wildman–Crippen MR) is 164 cm³/mol. The third-order valence-electron chi connectivity index (χ3n) is 8.36. The van der Waals surface area contributed by atoms with Gasteiger partial charge in [-0.3, -0.25) is 5.41 Å². The molecule has 0 aliphatic carbocycles. The molecule has 4 heterocycles. The molecule has 0 amide bonds. The number of ether oxygens (including phenoxy) is 1. The Balaban J connectivity index is 1.20. The fourth-order valence-electron chi connectivity index (χ4n) is 5.88. The van der Waals surface area contributed by atoms with Gasteiger partial charge in [-0.15, -0.1) is 0 Å². The average molecular weight is 636 g/mol. The van der Waals surface area contributed by atoms with Gasteiger partial charge in [0, 0.05) is 49.3 Å². The van der Waals surface area contributed by atoms with E-state index in [2.05, 4.69) is 20.1 Å². The Morgan fingerprint density at radius 2 is 1.98 bits per heavy atom. The average Bonchev–Trinajstić information content (AvgIpc) is 2.96. The van der Waals surface area contributed by atoms with Crippen LogP contribution in [0.5, 0.6) is 0 Å². The van der Waals surface area contributed by atoms with Crippen molar-refractivity contribution in [1.29, 1.82) is 10.7 Å².